The van der Waals surface area contributed by atoms with Crippen molar-refractivity contribution >= 4 is 29.3 Å². The fourth-order valence-corrected chi connectivity index (χ4v) is 3.46. The Bertz CT molecular complexity index is 637. The maximum Gasteiger partial charge on any atom is 0.226 e. The number of carbonyl (C=O) groups is 1. The molecule has 23 heavy (non-hydrogen) atoms. The molecule has 1 saturated carbocycles. The molecule has 1 heterocycles. The number of nitrogens with zero attached hydrogens (tertiary/aromatic N) is 1. The highest BCUT2D eigenvalue weighted by Crippen LogP contribution is 2.31. The number of carbonyl (C=O) groups excluding carboxylic acids is 1. The number of halogens is 1. The van der Waals surface area contributed by atoms with Crippen LogP contribution in [0.5, 0.6) is 0 Å². The van der Waals surface area contributed by atoms with Crippen LogP contribution >= 0.6 is 12.4 Å². The molecule has 1 aliphatic rings. The van der Waals surface area contributed by atoms with Crippen molar-refractivity contribution in [3.05, 3.63) is 36.1 Å². The quantitative estimate of drug-likeness (QED) is 0.921. The lowest BCUT2D eigenvalue weighted by molar-refractivity contribution is -0.137. The molecule has 0 saturated heterocycles. The van der Waals surface area contributed by atoms with Gasteiger partial charge >= 0.3 is 0 Å². The number of benzene rings is 1. The normalized spacial score (nSPS) is 21.9. The van der Waals surface area contributed by atoms with E-state index in [9.17, 15) is 4.79 Å². The second kappa shape index (κ2) is 7.37. The SMILES string of the molecule is CCN(C(=O)C1CCC(N)C1)C(C)c1cc2ccccc2o1.Cl. The summed E-state index contributed by atoms with van der Waals surface area (Å²) >= 11 is 0. The Kier molecular flexibility index (Phi) is 5.71. The minimum absolute atomic E-state index is 0. The van der Waals surface area contributed by atoms with Gasteiger partial charge < -0.3 is 15.1 Å². The molecule has 1 aromatic heterocycles. The van der Waals surface area contributed by atoms with Gasteiger partial charge in [-0.05, 0) is 45.2 Å². The van der Waals surface area contributed by atoms with Crippen molar-refractivity contribution in [2.24, 2.45) is 11.7 Å². The van der Waals surface area contributed by atoms with E-state index in [-0.39, 0.29) is 36.3 Å². The molecule has 3 atom stereocenters. The molecule has 1 aliphatic carbocycles. The van der Waals surface area contributed by atoms with Crippen LogP contribution < -0.4 is 5.73 Å². The van der Waals surface area contributed by atoms with Crippen LogP contribution in [0, 0.1) is 5.92 Å². The zero-order valence-electron chi connectivity index (χ0n) is 13.7. The Morgan fingerprint density at radius 2 is 2.13 bits per heavy atom. The van der Waals surface area contributed by atoms with E-state index in [4.69, 9.17) is 10.2 Å². The highest BCUT2D eigenvalue weighted by molar-refractivity contribution is 5.85. The smallest absolute Gasteiger partial charge is 0.226 e. The topological polar surface area (TPSA) is 59.5 Å². The summed E-state index contributed by atoms with van der Waals surface area (Å²) in [5.74, 6) is 1.13. The summed E-state index contributed by atoms with van der Waals surface area (Å²) in [6.45, 7) is 4.74. The van der Waals surface area contributed by atoms with Gasteiger partial charge in [0.1, 0.15) is 11.3 Å². The highest BCUT2D eigenvalue weighted by Gasteiger charge is 2.33. The van der Waals surface area contributed by atoms with Gasteiger partial charge in [-0.1, -0.05) is 18.2 Å². The number of fused-ring (bicyclic) bond motifs is 1. The summed E-state index contributed by atoms with van der Waals surface area (Å²) in [5, 5.41) is 1.08. The molecule has 1 fully saturated rings. The first-order valence-electron chi connectivity index (χ1n) is 8.14. The van der Waals surface area contributed by atoms with E-state index in [1.807, 2.05) is 49.1 Å². The number of nitrogens with two attached hydrogens (primary N) is 1. The Hall–Kier alpha value is -1.52. The fourth-order valence-electron chi connectivity index (χ4n) is 3.46. The summed E-state index contributed by atoms with van der Waals surface area (Å²) in [4.78, 5) is 14.7. The molecule has 2 N–H and O–H groups in total. The third-order valence-corrected chi connectivity index (χ3v) is 4.77. The van der Waals surface area contributed by atoms with Crippen molar-refractivity contribution in [1.29, 1.82) is 0 Å². The average molecular weight is 337 g/mol. The van der Waals surface area contributed by atoms with Crippen molar-refractivity contribution in [2.75, 3.05) is 6.54 Å². The van der Waals surface area contributed by atoms with Crippen LogP contribution in [0.4, 0.5) is 0 Å². The Balaban J connectivity index is 0.00000192. The molecule has 4 nitrogen and oxygen atoms in total. The lowest BCUT2D eigenvalue weighted by Gasteiger charge is -2.29. The zero-order chi connectivity index (χ0) is 15.7. The molecule has 126 valence electrons. The standard InChI is InChI=1S/C18H24N2O2.ClH/c1-3-20(18(21)14-8-9-15(19)10-14)12(2)17-11-13-6-4-5-7-16(13)22-17;/h4-7,11-12,14-15H,3,8-10,19H2,1-2H3;1H. The summed E-state index contributed by atoms with van der Waals surface area (Å²) in [6.07, 6.45) is 2.67. The molecule has 1 amide bonds. The first kappa shape index (κ1) is 17.8. The zero-order valence-corrected chi connectivity index (χ0v) is 14.5. The minimum atomic E-state index is -0.0540. The molecule has 0 radical (unpaired) electrons. The maximum absolute atomic E-state index is 12.8. The van der Waals surface area contributed by atoms with E-state index < -0.39 is 0 Å². The van der Waals surface area contributed by atoms with Gasteiger partial charge in [0.2, 0.25) is 5.91 Å². The maximum atomic E-state index is 12.8. The molecule has 5 heteroatoms. The van der Waals surface area contributed by atoms with Crippen LogP contribution in [0.2, 0.25) is 0 Å². The monoisotopic (exact) mass is 336 g/mol. The molecule has 0 bridgehead atoms. The van der Waals surface area contributed by atoms with Crippen LogP contribution in [0.3, 0.4) is 0 Å². The predicted octanol–water partition coefficient (Wildman–Crippen LogP) is 3.89. The second-order valence-electron chi connectivity index (χ2n) is 6.26. The van der Waals surface area contributed by atoms with Gasteiger partial charge in [-0.15, -0.1) is 12.4 Å². The molecule has 3 rings (SSSR count). The first-order valence-corrected chi connectivity index (χ1v) is 8.14. The Labute approximate surface area is 143 Å². The third-order valence-electron chi connectivity index (χ3n) is 4.77. The number of amides is 1. The van der Waals surface area contributed by atoms with Crippen molar-refractivity contribution in [3.8, 4) is 0 Å². The molecule has 1 aromatic carbocycles. The summed E-state index contributed by atoms with van der Waals surface area (Å²) < 4.78 is 5.93. The van der Waals surface area contributed by atoms with Gasteiger partial charge in [-0.3, -0.25) is 4.79 Å². The van der Waals surface area contributed by atoms with Gasteiger partial charge in [-0.2, -0.15) is 0 Å². The van der Waals surface area contributed by atoms with E-state index in [0.717, 1.165) is 36.0 Å². The molecular weight excluding hydrogens is 312 g/mol. The van der Waals surface area contributed by atoms with E-state index in [2.05, 4.69) is 0 Å². The Morgan fingerprint density at radius 3 is 2.74 bits per heavy atom. The number of para-hydroxylation sites is 1. The summed E-state index contributed by atoms with van der Waals surface area (Å²) in [5.41, 5.74) is 6.82. The van der Waals surface area contributed by atoms with Crippen molar-refractivity contribution in [3.63, 3.8) is 0 Å². The number of hydrogen-bond acceptors (Lipinski definition) is 3. The van der Waals surface area contributed by atoms with Crippen LogP contribution in [-0.4, -0.2) is 23.4 Å². The van der Waals surface area contributed by atoms with Crippen LogP contribution in [0.25, 0.3) is 11.0 Å². The third kappa shape index (κ3) is 3.54. The summed E-state index contributed by atoms with van der Waals surface area (Å²) in [7, 11) is 0. The molecular formula is C18H25ClN2O2. The van der Waals surface area contributed by atoms with Crippen LogP contribution in [0.15, 0.2) is 34.7 Å². The van der Waals surface area contributed by atoms with Crippen molar-refractivity contribution in [1.82, 2.24) is 4.90 Å². The predicted molar refractivity (Wildman–Crippen MR) is 94.6 cm³/mol. The van der Waals surface area contributed by atoms with E-state index in [1.54, 1.807) is 0 Å². The minimum Gasteiger partial charge on any atom is -0.459 e. The van der Waals surface area contributed by atoms with E-state index in [1.165, 1.54) is 0 Å². The molecule has 0 spiro atoms. The average Bonchev–Trinajstić information content (AvgIpc) is 3.13. The van der Waals surface area contributed by atoms with E-state index in [0.29, 0.717) is 6.54 Å². The van der Waals surface area contributed by atoms with Gasteiger partial charge in [0, 0.05) is 23.9 Å². The summed E-state index contributed by atoms with van der Waals surface area (Å²) in [6, 6.07) is 10.1. The lowest BCUT2D eigenvalue weighted by Crippen LogP contribution is -2.37. The number of furan rings is 1. The molecule has 0 aliphatic heterocycles. The van der Waals surface area contributed by atoms with Gasteiger partial charge in [-0.25, -0.2) is 0 Å². The van der Waals surface area contributed by atoms with Crippen molar-refractivity contribution in [2.45, 2.75) is 45.2 Å². The van der Waals surface area contributed by atoms with Gasteiger partial charge in [0.05, 0.1) is 6.04 Å². The first-order chi connectivity index (χ1) is 10.6. The fraction of sp³-hybridized carbons (Fsp3) is 0.500. The molecule has 3 unspecified atom stereocenters. The van der Waals surface area contributed by atoms with Gasteiger partial charge in [0.15, 0.2) is 0 Å². The molecule has 2 aromatic rings. The van der Waals surface area contributed by atoms with Gasteiger partial charge in [0.25, 0.3) is 0 Å². The highest BCUT2D eigenvalue weighted by atomic mass is 35.5. The van der Waals surface area contributed by atoms with Crippen LogP contribution in [0.1, 0.15) is 44.9 Å². The number of hydrogen-bond donors (Lipinski definition) is 1. The largest absolute Gasteiger partial charge is 0.459 e. The van der Waals surface area contributed by atoms with E-state index >= 15 is 0 Å². The Morgan fingerprint density at radius 1 is 1.39 bits per heavy atom. The lowest BCUT2D eigenvalue weighted by atomic mass is 10.0. The number of rotatable bonds is 4. The second-order valence-corrected chi connectivity index (χ2v) is 6.26. The van der Waals surface area contributed by atoms with Crippen molar-refractivity contribution < 1.29 is 9.21 Å². The van der Waals surface area contributed by atoms with Crippen LogP contribution in [-0.2, 0) is 4.79 Å².